The third-order valence-electron chi connectivity index (χ3n) is 12.2. The molecule has 5 aromatic rings. The Labute approximate surface area is 361 Å². The van der Waals surface area contributed by atoms with Gasteiger partial charge in [-0.15, -0.1) is 0 Å². The van der Waals surface area contributed by atoms with Crippen molar-refractivity contribution in [1.29, 1.82) is 0 Å². The number of hydrogen-bond donors (Lipinski definition) is 0. The zero-order valence-corrected chi connectivity index (χ0v) is 37.4. The number of unbranched alkanes of at least 4 members (excludes halogenated alkanes) is 10. The van der Waals surface area contributed by atoms with Crippen LogP contribution in [-0.2, 0) is 18.6 Å². The van der Waals surface area contributed by atoms with E-state index in [0.717, 1.165) is 87.6 Å². The Morgan fingerprint density at radius 3 is 1.42 bits per heavy atom. The van der Waals surface area contributed by atoms with Gasteiger partial charge in [0.05, 0.1) is 18.8 Å². The van der Waals surface area contributed by atoms with E-state index >= 15 is 0 Å². The van der Waals surface area contributed by atoms with Crippen LogP contribution in [0.25, 0.3) is 43.8 Å². The first-order chi connectivity index (χ1) is 29.1. The SMILES string of the molecule is CCCCCCCCOc1ccc(-c2c3ccc(B4OCCC(C)(C)O4)cc3c(-c3ccc(OCCCCCCCC)cc3)c3ccc(B4OCC(C)(C)CO4)cc23)cc1. The van der Waals surface area contributed by atoms with Crippen LogP contribution in [-0.4, -0.2) is 52.9 Å². The molecule has 7 rings (SSSR count). The van der Waals surface area contributed by atoms with E-state index in [1.165, 1.54) is 75.3 Å². The van der Waals surface area contributed by atoms with Crippen molar-refractivity contribution < 1.29 is 28.1 Å². The molecule has 0 N–H and O–H groups in total. The summed E-state index contributed by atoms with van der Waals surface area (Å²) in [7, 11) is -0.875. The van der Waals surface area contributed by atoms with Crippen LogP contribution in [0.2, 0.25) is 0 Å². The molecule has 0 unspecified atom stereocenters. The Morgan fingerprint density at radius 2 is 0.950 bits per heavy atom. The second kappa shape index (κ2) is 20.8. The Kier molecular flexibility index (Phi) is 15.4. The summed E-state index contributed by atoms with van der Waals surface area (Å²) in [5.74, 6) is 1.81. The normalized spacial score (nSPS) is 16.4. The summed E-state index contributed by atoms with van der Waals surface area (Å²) >= 11 is 0. The molecule has 2 saturated heterocycles. The minimum Gasteiger partial charge on any atom is -0.494 e. The van der Waals surface area contributed by atoms with Gasteiger partial charge in [0.2, 0.25) is 0 Å². The molecule has 0 aliphatic carbocycles. The maximum Gasteiger partial charge on any atom is 0.494 e. The molecule has 2 aliphatic heterocycles. The highest BCUT2D eigenvalue weighted by molar-refractivity contribution is 6.62. The van der Waals surface area contributed by atoms with Crippen molar-refractivity contribution in [3.05, 3.63) is 84.9 Å². The highest BCUT2D eigenvalue weighted by Gasteiger charge is 2.36. The third-order valence-corrected chi connectivity index (χ3v) is 12.2. The smallest absolute Gasteiger partial charge is 0.494 e. The van der Waals surface area contributed by atoms with Crippen LogP contribution in [0.3, 0.4) is 0 Å². The van der Waals surface area contributed by atoms with Crippen molar-refractivity contribution in [2.24, 2.45) is 5.41 Å². The van der Waals surface area contributed by atoms with Gasteiger partial charge in [-0.3, -0.25) is 0 Å². The van der Waals surface area contributed by atoms with Gasteiger partial charge in [-0.2, -0.15) is 0 Å². The molecule has 2 fully saturated rings. The molecule has 8 heteroatoms. The lowest BCUT2D eigenvalue weighted by atomic mass is 9.72. The van der Waals surface area contributed by atoms with E-state index in [0.29, 0.717) is 19.8 Å². The molecule has 6 nitrogen and oxygen atoms in total. The first-order valence-corrected chi connectivity index (χ1v) is 23.2. The predicted molar refractivity (Wildman–Crippen MR) is 252 cm³/mol. The molecule has 0 bridgehead atoms. The predicted octanol–water partition coefficient (Wildman–Crippen LogP) is 12.5. The van der Waals surface area contributed by atoms with Crippen molar-refractivity contribution in [1.82, 2.24) is 0 Å². The fraction of sp³-hybridized carbons (Fsp3) is 0.500. The monoisotopic (exact) mass is 811 g/mol. The molecule has 2 aliphatic rings. The van der Waals surface area contributed by atoms with Gasteiger partial charge in [0.25, 0.3) is 0 Å². The molecule has 0 radical (unpaired) electrons. The van der Waals surface area contributed by atoms with Gasteiger partial charge in [0.15, 0.2) is 0 Å². The number of hydrogen-bond acceptors (Lipinski definition) is 6. The Morgan fingerprint density at radius 1 is 0.500 bits per heavy atom. The number of fused-ring (bicyclic) bond motifs is 2. The number of ether oxygens (including phenoxy) is 2. The highest BCUT2D eigenvalue weighted by Crippen LogP contribution is 2.44. The van der Waals surface area contributed by atoms with Gasteiger partial charge in [0, 0.05) is 25.2 Å². The van der Waals surface area contributed by atoms with Crippen molar-refractivity contribution in [2.45, 2.75) is 131 Å². The van der Waals surface area contributed by atoms with Gasteiger partial charge in [-0.1, -0.05) is 153 Å². The van der Waals surface area contributed by atoms with Crippen molar-refractivity contribution in [2.75, 3.05) is 33.0 Å². The Balaban J connectivity index is 1.29. The highest BCUT2D eigenvalue weighted by atomic mass is 16.6. The molecule has 5 aromatic carbocycles. The average molecular weight is 811 g/mol. The first-order valence-electron chi connectivity index (χ1n) is 23.2. The van der Waals surface area contributed by atoms with Crippen LogP contribution in [0.5, 0.6) is 11.5 Å². The van der Waals surface area contributed by atoms with Crippen molar-refractivity contribution in [3.8, 4) is 33.8 Å². The zero-order valence-electron chi connectivity index (χ0n) is 37.4. The largest absolute Gasteiger partial charge is 0.494 e. The Bertz CT molecular complexity index is 2120. The van der Waals surface area contributed by atoms with Gasteiger partial charge in [0.1, 0.15) is 11.5 Å². The van der Waals surface area contributed by atoms with E-state index in [-0.39, 0.29) is 11.0 Å². The molecule has 0 atom stereocenters. The second-order valence-corrected chi connectivity index (χ2v) is 18.6. The molecule has 0 saturated carbocycles. The molecule has 2 heterocycles. The fourth-order valence-corrected chi connectivity index (χ4v) is 8.60. The van der Waals surface area contributed by atoms with Crippen molar-refractivity contribution in [3.63, 3.8) is 0 Å². The molecule has 60 heavy (non-hydrogen) atoms. The van der Waals surface area contributed by atoms with Crippen LogP contribution in [0.4, 0.5) is 0 Å². The molecular formula is C52H68B2O6. The summed E-state index contributed by atoms with van der Waals surface area (Å²) in [4.78, 5) is 0. The topological polar surface area (TPSA) is 55.4 Å². The molecule has 0 amide bonds. The maximum atomic E-state index is 6.54. The van der Waals surface area contributed by atoms with Crippen molar-refractivity contribution >= 4 is 46.7 Å². The lowest BCUT2D eigenvalue weighted by Crippen LogP contribution is -2.48. The van der Waals surface area contributed by atoms with E-state index in [1.54, 1.807) is 0 Å². The van der Waals surface area contributed by atoms with E-state index in [9.17, 15) is 0 Å². The molecular weight excluding hydrogens is 742 g/mol. The van der Waals surface area contributed by atoms with Gasteiger partial charge < -0.3 is 28.1 Å². The summed E-state index contributed by atoms with van der Waals surface area (Å²) in [5, 5.41) is 4.61. The molecule has 318 valence electrons. The van der Waals surface area contributed by atoms with E-state index in [4.69, 9.17) is 28.1 Å². The quantitative estimate of drug-likeness (QED) is 0.0443. The van der Waals surface area contributed by atoms with E-state index < -0.39 is 14.2 Å². The zero-order chi connectivity index (χ0) is 42.0. The summed E-state index contributed by atoms with van der Waals surface area (Å²) in [6.07, 6.45) is 15.8. The second-order valence-electron chi connectivity index (χ2n) is 18.6. The van der Waals surface area contributed by atoms with Gasteiger partial charge in [-0.25, -0.2) is 0 Å². The van der Waals surface area contributed by atoms with E-state index in [2.05, 4.69) is 126 Å². The number of rotatable bonds is 20. The van der Waals surface area contributed by atoms with Crippen LogP contribution >= 0.6 is 0 Å². The average Bonchev–Trinajstić information content (AvgIpc) is 3.25. The van der Waals surface area contributed by atoms with Crippen LogP contribution in [0.15, 0.2) is 84.9 Å². The third kappa shape index (κ3) is 11.4. The van der Waals surface area contributed by atoms with Crippen LogP contribution in [0.1, 0.15) is 125 Å². The summed E-state index contributed by atoms with van der Waals surface area (Å²) in [6, 6.07) is 30.9. The lowest BCUT2D eigenvalue weighted by Gasteiger charge is -2.34. The Hall–Kier alpha value is -3.81. The maximum absolute atomic E-state index is 6.54. The van der Waals surface area contributed by atoms with Gasteiger partial charge >= 0.3 is 14.2 Å². The lowest BCUT2D eigenvalue weighted by molar-refractivity contribution is 0.0108. The molecule has 0 aromatic heterocycles. The fourth-order valence-electron chi connectivity index (χ4n) is 8.60. The summed E-state index contributed by atoms with van der Waals surface area (Å²) in [5.41, 5.74) is 6.33. The number of benzene rings is 5. The van der Waals surface area contributed by atoms with Crippen LogP contribution in [0, 0.1) is 5.41 Å². The van der Waals surface area contributed by atoms with E-state index in [1.807, 2.05) is 0 Å². The molecule has 0 spiro atoms. The standard InChI is InChI=1S/C52H68B2O6/c1-7-9-11-13-15-17-32-55-43-25-19-39(20-26-43)49-46-30-24-42(54-57-34-31-52(5,6)60-54)36-48(46)50(40-21-27-44(28-22-40)56-33-18-16-14-12-10-8-2)45-29-23-41(35-47(45)49)53-58-37-51(3,4)38-59-53/h19-30,35-36H,7-18,31-34,37-38H2,1-6H3. The summed E-state index contributed by atoms with van der Waals surface area (Å²) < 4.78 is 38.1. The van der Waals surface area contributed by atoms with Crippen LogP contribution < -0.4 is 20.4 Å². The van der Waals surface area contributed by atoms with Gasteiger partial charge in [-0.05, 0) is 112 Å². The first kappa shape index (κ1) is 44.3. The minimum atomic E-state index is -0.446. The summed E-state index contributed by atoms with van der Waals surface area (Å²) in [6.45, 7) is 16.6. The minimum absolute atomic E-state index is 0.0239.